The van der Waals surface area contributed by atoms with Crippen molar-refractivity contribution in [2.75, 3.05) is 18.8 Å². The molecule has 1 aliphatic heterocycles. The molecule has 7 N–H and O–H groups in total. The number of anilines is 1. The van der Waals surface area contributed by atoms with Crippen molar-refractivity contribution in [1.29, 1.82) is 5.41 Å². The van der Waals surface area contributed by atoms with Crippen LogP contribution in [0.1, 0.15) is 41.5 Å². The van der Waals surface area contributed by atoms with Crippen molar-refractivity contribution >= 4 is 40.6 Å². The Morgan fingerprint density at radius 1 is 1.10 bits per heavy atom. The van der Waals surface area contributed by atoms with Gasteiger partial charge in [0.25, 0.3) is 0 Å². The van der Waals surface area contributed by atoms with Crippen LogP contribution in [-0.4, -0.2) is 29.1 Å². The Labute approximate surface area is 183 Å². The van der Waals surface area contributed by atoms with Gasteiger partial charge in [-0.05, 0) is 60.8 Å². The van der Waals surface area contributed by atoms with Gasteiger partial charge >= 0.3 is 0 Å². The number of nitrogens with two attached hydrogens (primary N) is 3. The van der Waals surface area contributed by atoms with Gasteiger partial charge in [-0.3, -0.25) is 10.3 Å². The molecule has 6 heteroatoms. The quantitative estimate of drug-likeness (QED) is 0.236. The summed E-state index contributed by atoms with van der Waals surface area (Å²) in [6.07, 6.45) is 7.14. The Morgan fingerprint density at radius 2 is 1.87 bits per heavy atom. The minimum atomic E-state index is 0.177. The van der Waals surface area contributed by atoms with Crippen molar-refractivity contribution in [3.05, 3.63) is 76.6 Å². The van der Waals surface area contributed by atoms with Crippen molar-refractivity contribution in [1.82, 2.24) is 4.90 Å². The lowest BCUT2D eigenvalue weighted by Gasteiger charge is -2.26. The van der Waals surface area contributed by atoms with Crippen LogP contribution in [0.5, 0.6) is 0 Å². The van der Waals surface area contributed by atoms with Gasteiger partial charge in [0, 0.05) is 34.9 Å². The van der Waals surface area contributed by atoms with Gasteiger partial charge in [0.05, 0.1) is 11.4 Å². The third kappa shape index (κ3) is 5.34. The first-order valence-electron chi connectivity index (χ1n) is 10.2. The van der Waals surface area contributed by atoms with Gasteiger partial charge in [0.15, 0.2) is 0 Å². The standard InChI is InChI=1S/C24H29N5S/c25-14-20(16-30)19-7-8-22(26)21(13-19)24(28)23(27)12-17-5-4-6-18(11-17)15-29-9-2-1-3-10-29/h4-8,11-14,16,28H,1-3,9-10,15,25-27H2/b20-14?,23-12-,28-24?. The molecule has 30 heavy (non-hydrogen) atoms. The van der Waals surface area contributed by atoms with E-state index >= 15 is 0 Å². The second kappa shape index (κ2) is 10.2. The number of nitrogens with zero attached hydrogens (tertiary/aromatic N) is 1. The smallest absolute Gasteiger partial charge is 0.0862 e. The highest BCUT2D eigenvalue weighted by molar-refractivity contribution is 7.79. The van der Waals surface area contributed by atoms with Gasteiger partial charge < -0.3 is 17.2 Å². The van der Waals surface area contributed by atoms with Crippen molar-refractivity contribution in [3.8, 4) is 0 Å². The van der Waals surface area contributed by atoms with Crippen LogP contribution in [0.3, 0.4) is 0 Å². The summed E-state index contributed by atoms with van der Waals surface area (Å²) in [7, 11) is 0. The number of thiocarbonyl (C=S) groups is 1. The van der Waals surface area contributed by atoms with Crippen LogP contribution in [0.2, 0.25) is 0 Å². The Morgan fingerprint density at radius 3 is 2.57 bits per heavy atom. The van der Waals surface area contributed by atoms with Gasteiger partial charge in [-0.25, -0.2) is 0 Å². The minimum absolute atomic E-state index is 0.177. The van der Waals surface area contributed by atoms with E-state index in [2.05, 4.69) is 17.0 Å². The molecule has 1 fully saturated rings. The van der Waals surface area contributed by atoms with Crippen LogP contribution in [0.15, 0.2) is 54.4 Å². The van der Waals surface area contributed by atoms with E-state index in [1.165, 1.54) is 36.4 Å². The summed E-state index contributed by atoms with van der Waals surface area (Å²) in [4.78, 5) is 2.49. The van der Waals surface area contributed by atoms with Crippen LogP contribution >= 0.6 is 12.2 Å². The van der Waals surface area contributed by atoms with Crippen LogP contribution in [0.25, 0.3) is 11.6 Å². The predicted octanol–water partition coefficient (Wildman–Crippen LogP) is 3.92. The molecular formula is C24H29N5S. The number of hydrogen-bond acceptors (Lipinski definition) is 6. The molecule has 0 aromatic heterocycles. The molecule has 0 amide bonds. The second-order valence-electron chi connectivity index (χ2n) is 7.60. The molecule has 0 unspecified atom stereocenters. The molecule has 156 valence electrons. The first-order chi connectivity index (χ1) is 14.5. The lowest BCUT2D eigenvalue weighted by molar-refractivity contribution is 0.221. The molecule has 0 saturated carbocycles. The lowest BCUT2D eigenvalue weighted by atomic mass is 9.98. The number of hydrogen-bond donors (Lipinski definition) is 4. The Balaban J connectivity index is 1.81. The summed E-state index contributed by atoms with van der Waals surface area (Å²) in [6, 6.07) is 13.7. The highest BCUT2D eigenvalue weighted by Gasteiger charge is 2.12. The molecule has 0 bridgehead atoms. The van der Waals surface area contributed by atoms with E-state index in [1.807, 2.05) is 24.3 Å². The van der Waals surface area contributed by atoms with Gasteiger partial charge in [0.1, 0.15) is 0 Å². The summed E-state index contributed by atoms with van der Waals surface area (Å²) in [5.41, 5.74) is 23.3. The molecule has 1 aliphatic rings. The van der Waals surface area contributed by atoms with Gasteiger partial charge in [-0.1, -0.05) is 49.0 Å². The normalized spacial score (nSPS) is 15.7. The molecule has 1 saturated heterocycles. The topological polar surface area (TPSA) is 105 Å². The largest absolute Gasteiger partial charge is 0.404 e. The number of benzene rings is 2. The number of nitrogen functional groups attached to an aromatic ring is 1. The highest BCUT2D eigenvalue weighted by atomic mass is 32.1. The summed E-state index contributed by atoms with van der Waals surface area (Å²) in [5.74, 6) is 0. The van der Waals surface area contributed by atoms with Crippen molar-refractivity contribution in [2.24, 2.45) is 11.5 Å². The van der Waals surface area contributed by atoms with Gasteiger partial charge in [0.2, 0.25) is 0 Å². The number of rotatable bonds is 7. The van der Waals surface area contributed by atoms with E-state index in [9.17, 15) is 0 Å². The molecule has 2 aromatic rings. The molecule has 0 radical (unpaired) electrons. The molecule has 5 nitrogen and oxygen atoms in total. The third-order valence-electron chi connectivity index (χ3n) is 5.38. The van der Waals surface area contributed by atoms with E-state index in [1.54, 1.807) is 12.1 Å². The second-order valence-corrected chi connectivity index (χ2v) is 7.83. The lowest BCUT2D eigenvalue weighted by Crippen LogP contribution is -2.29. The predicted molar refractivity (Wildman–Crippen MR) is 131 cm³/mol. The van der Waals surface area contributed by atoms with Gasteiger partial charge in [-0.2, -0.15) is 0 Å². The zero-order chi connectivity index (χ0) is 21.5. The third-order valence-corrected chi connectivity index (χ3v) is 5.63. The van der Waals surface area contributed by atoms with E-state index in [0.29, 0.717) is 22.5 Å². The fraction of sp³-hybridized carbons (Fsp3) is 0.250. The summed E-state index contributed by atoms with van der Waals surface area (Å²) in [6.45, 7) is 3.26. The molecule has 0 aliphatic carbocycles. The fourth-order valence-corrected chi connectivity index (χ4v) is 3.93. The first-order valence-corrected chi connectivity index (χ1v) is 10.6. The molecule has 0 spiro atoms. The van der Waals surface area contributed by atoms with Crippen LogP contribution in [0.4, 0.5) is 5.69 Å². The molecular weight excluding hydrogens is 390 g/mol. The number of allylic oxidation sites excluding steroid dienone is 2. The summed E-state index contributed by atoms with van der Waals surface area (Å²) < 4.78 is 0. The fourth-order valence-electron chi connectivity index (χ4n) is 3.72. The van der Waals surface area contributed by atoms with E-state index in [4.69, 9.17) is 34.8 Å². The molecule has 1 heterocycles. The Kier molecular flexibility index (Phi) is 7.38. The number of likely N-dealkylation sites (tertiary alicyclic amines) is 1. The average molecular weight is 420 g/mol. The maximum Gasteiger partial charge on any atom is 0.0862 e. The van der Waals surface area contributed by atoms with E-state index in [-0.39, 0.29) is 5.71 Å². The molecule has 0 atom stereocenters. The summed E-state index contributed by atoms with van der Waals surface area (Å²) in [5, 5.41) is 10.1. The van der Waals surface area contributed by atoms with Crippen molar-refractivity contribution < 1.29 is 0 Å². The average Bonchev–Trinajstić information content (AvgIpc) is 2.76. The van der Waals surface area contributed by atoms with Crippen molar-refractivity contribution in [2.45, 2.75) is 25.8 Å². The zero-order valence-electron chi connectivity index (χ0n) is 17.1. The minimum Gasteiger partial charge on any atom is -0.404 e. The van der Waals surface area contributed by atoms with Crippen LogP contribution in [0, 0.1) is 5.41 Å². The molecule has 2 aromatic carbocycles. The maximum atomic E-state index is 8.57. The summed E-state index contributed by atoms with van der Waals surface area (Å²) >= 11 is 5.01. The van der Waals surface area contributed by atoms with E-state index in [0.717, 1.165) is 30.8 Å². The monoisotopic (exact) mass is 419 g/mol. The van der Waals surface area contributed by atoms with Crippen molar-refractivity contribution in [3.63, 3.8) is 0 Å². The molecule has 3 rings (SSSR count). The van der Waals surface area contributed by atoms with Crippen LogP contribution < -0.4 is 17.2 Å². The Hall–Kier alpha value is -2.96. The maximum absolute atomic E-state index is 8.57. The van der Waals surface area contributed by atoms with E-state index < -0.39 is 0 Å². The first kappa shape index (κ1) is 21.7. The number of nitrogens with one attached hydrogen (secondary N) is 1. The van der Waals surface area contributed by atoms with Crippen LogP contribution in [-0.2, 0) is 6.54 Å². The highest BCUT2D eigenvalue weighted by Crippen LogP contribution is 2.22. The Bertz CT molecular complexity index is 987. The SMILES string of the molecule is N=C(/C(N)=C/c1cccc(CN2CCCCC2)c1)c1cc(C(C=S)=CN)ccc1N. The zero-order valence-corrected chi connectivity index (χ0v) is 17.9. The van der Waals surface area contributed by atoms with Gasteiger partial charge in [-0.15, -0.1) is 0 Å². The number of piperidine rings is 1.